The molecule has 0 amide bonds. The maximum absolute atomic E-state index is 9.03. The van der Waals surface area contributed by atoms with Gasteiger partial charge in [0.1, 0.15) is 5.75 Å². The summed E-state index contributed by atoms with van der Waals surface area (Å²) in [7, 11) is 1.65. The Balaban J connectivity index is 1.67. The summed E-state index contributed by atoms with van der Waals surface area (Å²) >= 11 is 0. The summed E-state index contributed by atoms with van der Waals surface area (Å²) in [5.74, 6) is 0.822. The van der Waals surface area contributed by atoms with E-state index in [9.17, 15) is 0 Å². The molecule has 3 aromatic rings. The van der Waals surface area contributed by atoms with Gasteiger partial charge in [0.15, 0.2) is 5.65 Å². The van der Waals surface area contributed by atoms with E-state index in [1.165, 1.54) is 6.21 Å². The van der Waals surface area contributed by atoms with Gasteiger partial charge in [0.25, 0.3) is 0 Å². The Hall–Kier alpha value is -3.13. The number of hydrogen-bond donors (Lipinski definition) is 2. The normalized spacial score (nSPS) is 15.3. The van der Waals surface area contributed by atoms with Crippen molar-refractivity contribution in [3.63, 3.8) is 0 Å². The Morgan fingerprint density at radius 3 is 2.79 bits per heavy atom. The standard InChI is InChI=1S/C20H23N5O3/c1-27-17-4-2-14(3-5-17)13-25-20-18(12-22-25)19(15(10-21-20)11-23-26)24-16-6-8-28-9-7-16/h2-5,10-12,16,26H,6-9,13H2,1H3,(H,21,24). The lowest BCUT2D eigenvalue weighted by molar-refractivity contribution is 0.0905. The van der Waals surface area contributed by atoms with Crippen LogP contribution < -0.4 is 10.1 Å². The van der Waals surface area contributed by atoms with Crippen molar-refractivity contribution >= 4 is 22.9 Å². The lowest BCUT2D eigenvalue weighted by Gasteiger charge is -2.25. The first-order chi connectivity index (χ1) is 13.8. The van der Waals surface area contributed by atoms with E-state index in [-0.39, 0.29) is 0 Å². The highest BCUT2D eigenvalue weighted by molar-refractivity contribution is 6.00. The van der Waals surface area contributed by atoms with Crippen LogP contribution in [0.2, 0.25) is 0 Å². The lowest BCUT2D eigenvalue weighted by Crippen LogP contribution is -2.28. The van der Waals surface area contributed by atoms with Crippen LogP contribution in [0.25, 0.3) is 11.0 Å². The van der Waals surface area contributed by atoms with Crippen LogP contribution in [0.3, 0.4) is 0 Å². The van der Waals surface area contributed by atoms with Gasteiger partial charge in [-0.1, -0.05) is 17.3 Å². The molecule has 1 aliphatic rings. The van der Waals surface area contributed by atoms with Crippen LogP contribution in [0.4, 0.5) is 5.69 Å². The lowest BCUT2D eigenvalue weighted by atomic mass is 10.1. The zero-order chi connectivity index (χ0) is 19.3. The molecule has 4 rings (SSSR count). The summed E-state index contributed by atoms with van der Waals surface area (Å²) in [5, 5.41) is 21.2. The maximum atomic E-state index is 9.03. The van der Waals surface area contributed by atoms with Gasteiger partial charge >= 0.3 is 0 Å². The molecular formula is C20H23N5O3. The highest BCUT2D eigenvalue weighted by atomic mass is 16.5. The van der Waals surface area contributed by atoms with Crippen LogP contribution in [0.1, 0.15) is 24.0 Å². The second kappa shape index (κ2) is 8.26. The molecule has 1 aliphatic heterocycles. The fourth-order valence-corrected chi connectivity index (χ4v) is 3.43. The van der Waals surface area contributed by atoms with Crippen molar-refractivity contribution in [2.45, 2.75) is 25.4 Å². The van der Waals surface area contributed by atoms with Crippen LogP contribution in [-0.4, -0.2) is 52.6 Å². The molecule has 8 nitrogen and oxygen atoms in total. The molecule has 2 N–H and O–H groups in total. The molecule has 1 fully saturated rings. The van der Waals surface area contributed by atoms with Crippen molar-refractivity contribution in [3.8, 4) is 5.75 Å². The van der Waals surface area contributed by atoms with Gasteiger partial charge in [-0.25, -0.2) is 9.67 Å². The van der Waals surface area contributed by atoms with E-state index in [1.54, 1.807) is 13.3 Å². The molecule has 0 spiro atoms. The number of rotatable bonds is 6. The minimum atomic E-state index is 0.301. The van der Waals surface area contributed by atoms with Gasteiger partial charge in [-0.2, -0.15) is 5.10 Å². The maximum Gasteiger partial charge on any atom is 0.160 e. The Morgan fingerprint density at radius 2 is 2.07 bits per heavy atom. The minimum absolute atomic E-state index is 0.301. The molecule has 0 unspecified atom stereocenters. The number of nitrogens with one attached hydrogen (secondary N) is 1. The summed E-state index contributed by atoms with van der Waals surface area (Å²) in [6.07, 6.45) is 6.77. The van der Waals surface area contributed by atoms with E-state index in [4.69, 9.17) is 14.7 Å². The molecule has 1 aromatic carbocycles. The zero-order valence-electron chi connectivity index (χ0n) is 15.7. The second-order valence-electron chi connectivity index (χ2n) is 6.75. The Morgan fingerprint density at radius 1 is 1.29 bits per heavy atom. The molecule has 146 valence electrons. The molecule has 0 aliphatic carbocycles. The molecule has 8 heteroatoms. The number of hydrogen-bond acceptors (Lipinski definition) is 7. The van der Waals surface area contributed by atoms with E-state index in [0.717, 1.165) is 59.7 Å². The van der Waals surface area contributed by atoms with Crippen LogP contribution in [-0.2, 0) is 11.3 Å². The summed E-state index contributed by atoms with van der Waals surface area (Å²) in [6.45, 7) is 2.09. The number of pyridine rings is 1. The molecule has 0 radical (unpaired) electrons. The molecule has 3 heterocycles. The first-order valence-electron chi connectivity index (χ1n) is 9.27. The van der Waals surface area contributed by atoms with Gasteiger partial charge in [0.05, 0.1) is 37.1 Å². The molecule has 28 heavy (non-hydrogen) atoms. The number of methoxy groups -OCH3 is 1. The fourth-order valence-electron chi connectivity index (χ4n) is 3.43. The molecule has 1 saturated heterocycles. The van der Waals surface area contributed by atoms with Gasteiger partial charge in [-0.05, 0) is 30.5 Å². The number of nitrogens with zero attached hydrogens (tertiary/aromatic N) is 4. The second-order valence-corrected chi connectivity index (χ2v) is 6.75. The molecule has 0 saturated carbocycles. The largest absolute Gasteiger partial charge is 0.497 e. The van der Waals surface area contributed by atoms with E-state index >= 15 is 0 Å². The minimum Gasteiger partial charge on any atom is -0.497 e. The molecule has 2 aromatic heterocycles. The average Bonchev–Trinajstić information content (AvgIpc) is 3.14. The smallest absolute Gasteiger partial charge is 0.160 e. The summed E-state index contributed by atoms with van der Waals surface area (Å²) in [5.41, 5.74) is 3.49. The fraction of sp³-hybridized carbons (Fsp3) is 0.350. The first-order valence-corrected chi connectivity index (χ1v) is 9.27. The Bertz CT molecular complexity index is 962. The van der Waals surface area contributed by atoms with Gasteiger partial charge in [-0.15, -0.1) is 0 Å². The predicted molar refractivity (Wildman–Crippen MR) is 106 cm³/mol. The topological polar surface area (TPSA) is 93.8 Å². The predicted octanol–water partition coefficient (Wildman–Crippen LogP) is 2.89. The van der Waals surface area contributed by atoms with Crippen molar-refractivity contribution in [2.24, 2.45) is 5.16 Å². The number of fused-ring (bicyclic) bond motifs is 1. The number of oxime groups is 1. The summed E-state index contributed by atoms with van der Waals surface area (Å²) < 4.78 is 12.5. The highest BCUT2D eigenvalue weighted by Gasteiger charge is 2.18. The van der Waals surface area contributed by atoms with Crippen molar-refractivity contribution in [1.82, 2.24) is 14.8 Å². The van der Waals surface area contributed by atoms with Crippen molar-refractivity contribution in [1.29, 1.82) is 0 Å². The third-order valence-corrected chi connectivity index (χ3v) is 4.95. The van der Waals surface area contributed by atoms with E-state index < -0.39 is 0 Å². The summed E-state index contributed by atoms with van der Waals surface area (Å²) in [4.78, 5) is 4.55. The van der Waals surface area contributed by atoms with Gasteiger partial charge < -0.3 is 20.0 Å². The van der Waals surface area contributed by atoms with Crippen LogP contribution in [0.15, 0.2) is 41.8 Å². The van der Waals surface area contributed by atoms with Crippen LogP contribution >= 0.6 is 0 Å². The Kier molecular flexibility index (Phi) is 5.38. The van der Waals surface area contributed by atoms with Gasteiger partial charge in [0, 0.05) is 31.0 Å². The van der Waals surface area contributed by atoms with E-state index in [2.05, 4.69) is 20.6 Å². The number of anilines is 1. The van der Waals surface area contributed by atoms with Gasteiger partial charge in [-0.3, -0.25) is 0 Å². The van der Waals surface area contributed by atoms with Crippen molar-refractivity contribution in [3.05, 3.63) is 47.8 Å². The van der Waals surface area contributed by atoms with Crippen molar-refractivity contribution in [2.75, 3.05) is 25.6 Å². The number of ether oxygens (including phenoxy) is 2. The molecular weight excluding hydrogens is 358 g/mol. The van der Waals surface area contributed by atoms with E-state index in [1.807, 2.05) is 35.1 Å². The Labute approximate surface area is 162 Å². The third-order valence-electron chi connectivity index (χ3n) is 4.95. The average molecular weight is 381 g/mol. The number of aromatic nitrogens is 3. The third kappa shape index (κ3) is 3.77. The molecule has 0 bridgehead atoms. The quantitative estimate of drug-likeness (QED) is 0.387. The van der Waals surface area contributed by atoms with Crippen LogP contribution in [0.5, 0.6) is 5.75 Å². The highest BCUT2D eigenvalue weighted by Crippen LogP contribution is 2.28. The summed E-state index contributed by atoms with van der Waals surface area (Å²) in [6, 6.07) is 8.20. The van der Waals surface area contributed by atoms with Crippen molar-refractivity contribution < 1.29 is 14.7 Å². The monoisotopic (exact) mass is 381 g/mol. The van der Waals surface area contributed by atoms with Gasteiger partial charge in [0.2, 0.25) is 0 Å². The van der Waals surface area contributed by atoms with E-state index in [0.29, 0.717) is 12.6 Å². The van der Waals surface area contributed by atoms with Crippen LogP contribution in [0, 0.1) is 0 Å². The zero-order valence-corrected chi connectivity index (χ0v) is 15.7. The molecule has 0 atom stereocenters. The number of benzene rings is 1. The first kappa shape index (κ1) is 18.2. The SMILES string of the molecule is COc1ccc(Cn2ncc3c(NC4CCOCC4)c(C=NO)cnc32)cc1.